The van der Waals surface area contributed by atoms with Gasteiger partial charge in [-0.1, -0.05) is 32.1 Å². The number of nitrogens with one attached hydrogen (secondary N) is 1. The molecule has 2 aromatic heterocycles. The Balaban J connectivity index is 1.49. The topological polar surface area (TPSA) is 106 Å². The number of benzene rings is 1. The molecule has 1 fully saturated rings. The number of carboxylic acids is 1. The Morgan fingerprint density at radius 3 is 2.74 bits per heavy atom. The first-order valence-electron chi connectivity index (χ1n) is 13.7. The summed E-state index contributed by atoms with van der Waals surface area (Å²) in [5.74, 6) is -0.813. The number of hydrogen-bond donors (Lipinski definition) is 2. The minimum absolute atomic E-state index is 0.197. The van der Waals surface area contributed by atoms with Crippen molar-refractivity contribution in [1.82, 2.24) is 19.9 Å². The van der Waals surface area contributed by atoms with E-state index < -0.39 is 11.8 Å². The molecule has 0 spiro atoms. The van der Waals surface area contributed by atoms with Crippen LogP contribution in [0.3, 0.4) is 0 Å². The van der Waals surface area contributed by atoms with Crippen LogP contribution in [0.1, 0.15) is 84.2 Å². The molecular formula is C29H35FN4O4. The predicted molar refractivity (Wildman–Crippen MR) is 141 cm³/mol. The van der Waals surface area contributed by atoms with Gasteiger partial charge in [0.15, 0.2) is 22.9 Å². The number of carbonyl (C=O) groups excluding carboxylic acids is 1. The number of carboxylic acid groups (broad SMARTS) is 1. The molecule has 38 heavy (non-hydrogen) atoms. The molecule has 2 N–H and O–H groups in total. The highest BCUT2D eigenvalue weighted by Gasteiger charge is 2.26. The maximum absolute atomic E-state index is 15.2. The third-order valence-electron chi connectivity index (χ3n) is 7.96. The summed E-state index contributed by atoms with van der Waals surface area (Å²) in [6, 6.07) is 2.98. The fraction of sp³-hybridized carbons (Fsp3) is 0.517. The zero-order valence-electron chi connectivity index (χ0n) is 22.1. The lowest BCUT2D eigenvalue weighted by Gasteiger charge is -2.23. The maximum Gasteiger partial charge on any atom is 0.307 e. The third kappa shape index (κ3) is 5.24. The van der Waals surface area contributed by atoms with Crippen LogP contribution >= 0.6 is 0 Å². The molecule has 5 rings (SSSR count). The van der Waals surface area contributed by atoms with Gasteiger partial charge in [0.2, 0.25) is 0 Å². The van der Waals surface area contributed by atoms with Gasteiger partial charge >= 0.3 is 5.97 Å². The van der Waals surface area contributed by atoms with E-state index in [0.29, 0.717) is 47.7 Å². The molecule has 1 aromatic carbocycles. The van der Waals surface area contributed by atoms with Gasteiger partial charge in [-0.3, -0.25) is 9.59 Å². The average Bonchev–Trinajstić information content (AvgIpc) is 3.33. The summed E-state index contributed by atoms with van der Waals surface area (Å²) in [4.78, 5) is 29.3. The van der Waals surface area contributed by atoms with Gasteiger partial charge in [0.25, 0.3) is 5.91 Å². The SMILES string of the molecule is Cc1nc2cc(C(=O)NCCCC3CCCCC3)nn2c(-c2cc(F)c3c(c2C)CCCO3)c1CC(=O)O. The number of amides is 1. The average molecular weight is 523 g/mol. The summed E-state index contributed by atoms with van der Waals surface area (Å²) in [5.41, 5.74) is 4.10. The molecular weight excluding hydrogens is 487 g/mol. The molecule has 1 aliphatic carbocycles. The zero-order chi connectivity index (χ0) is 26.8. The van der Waals surface area contributed by atoms with E-state index in [0.717, 1.165) is 36.3 Å². The number of aromatic nitrogens is 3. The summed E-state index contributed by atoms with van der Waals surface area (Å²) in [7, 11) is 0. The highest BCUT2D eigenvalue weighted by molar-refractivity contribution is 5.93. The van der Waals surface area contributed by atoms with Crippen molar-refractivity contribution >= 4 is 17.5 Å². The largest absolute Gasteiger partial charge is 0.490 e. The van der Waals surface area contributed by atoms with E-state index in [2.05, 4.69) is 15.4 Å². The lowest BCUT2D eigenvalue weighted by Crippen LogP contribution is -2.25. The van der Waals surface area contributed by atoms with Crippen LogP contribution in [0.25, 0.3) is 16.9 Å². The molecule has 3 heterocycles. The summed E-state index contributed by atoms with van der Waals surface area (Å²) in [6.45, 7) is 4.65. The second kappa shape index (κ2) is 11.1. The van der Waals surface area contributed by atoms with E-state index in [1.165, 1.54) is 42.7 Å². The van der Waals surface area contributed by atoms with Crippen LogP contribution in [0.2, 0.25) is 0 Å². The van der Waals surface area contributed by atoms with Crippen molar-refractivity contribution in [3.8, 4) is 17.0 Å². The van der Waals surface area contributed by atoms with Gasteiger partial charge in [0.1, 0.15) is 0 Å². The van der Waals surface area contributed by atoms with Gasteiger partial charge in [0, 0.05) is 35.0 Å². The van der Waals surface area contributed by atoms with Gasteiger partial charge in [0.05, 0.1) is 18.7 Å². The number of carbonyl (C=O) groups is 2. The zero-order valence-corrected chi connectivity index (χ0v) is 22.1. The monoisotopic (exact) mass is 522 g/mol. The molecule has 1 saturated carbocycles. The van der Waals surface area contributed by atoms with Crippen LogP contribution in [0, 0.1) is 25.6 Å². The molecule has 3 aromatic rings. The normalized spacial score (nSPS) is 15.8. The fourth-order valence-corrected chi connectivity index (χ4v) is 5.97. The van der Waals surface area contributed by atoms with E-state index >= 15 is 4.39 Å². The Bertz CT molecular complexity index is 1380. The van der Waals surface area contributed by atoms with Crippen molar-refractivity contribution in [2.24, 2.45) is 5.92 Å². The van der Waals surface area contributed by atoms with Gasteiger partial charge in [-0.25, -0.2) is 13.9 Å². The van der Waals surface area contributed by atoms with Crippen LogP contribution in [0.5, 0.6) is 5.75 Å². The molecule has 0 atom stereocenters. The second-order valence-corrected chi connectivity index (χ2v) is 10.6. The summed E-state index contributed by atoms with van der Waals surface area (Å²) < 4.78 is 22.3. The van der Waals surface area contributed by atoms with Crippen molar-refractivity contribution in [2.45, 2.75) is 78.1 Å². The minimum atomic E-state index is -1.03. The predicted octanol–water partition coefficient (Wildman–Crippen LogP) is 5.19. The van der Waals surface area contributed by atoms with E-state index in [9.17, 15) is 14.7 Å². The number of nitrogens with zero attached hydrogens (tertiary/aromatic N) is 3. The Morgan fingerprint density at radius 2 is 1.97 bits per heavy atom. The number of ether oxygens (including phenoxy) is 1. The summed E-state index contributed by atoms with van der Waals surface area (Å²) >= 11 is 0. The van der Waals surface area contributed by atoms with E-state index in [-0.39, 0.29) is 23.8 Å². The van der Waals surface area contributed by atoms with Crippen molar-refractivity contribution in [3.05, 3.63) is 46.0 Å². The first kappa shape index (κ1) is 26.1. The van der Waals surface area contributed by atoms with Crippen LogP contribution < -0.4 is 10.1 Å². The molecule has 9 heteroatoms. The lowest BCUT2D eigenvalue weighted by atomic mass is 9.86. The van der Waals surface area contributed by atoms with Crippen molar-refractivity contribution < 1.29 is 23.8 Å². The van der Waals surface area contributed by atoms with Crippen molar-refractivity contribution in [1.29, 1.82) is 0 Å². The minimum Gasteiger partial charge on any atom is -0.490 e. The number of rotatable bonds is 8. The molecule has 0 saturated heterocycles. The third-order valence-corrected chi connectivity index (χ3v) is 7.96. The van der Waals surface area contributed by atoms with Crippen molar-refractivity contribution in [2.75, 3.05) is 13.2 Å². The first-order valence-corrected chi connectivity index (χ1v) is 13.7. The number of halogens is 1. The van der Waals surface area contributed by atoms with Crippen molar-refractivity contribution in [3.63, 3.8) is 0 Å². The molecule has 202 valence electrons. The fourth-order valence-electron chi connectivity index (χ4n) is 5.97. The highest BCUT2D eigenvalue weighted by atomic mass is 19.1. The van der Waals surface area contributed by atoms with Gasteiger partial charge in [-0.15, -0.1) is 0 Å². The molecule has 0 unspecified atom stereocenters. The Morgan fingerprint density at radius 1 is 1.18 bits per heavy atom. The highest BCUT2D eigenvalue weighted by Crippen LogP contribution is 2.39. The number of fused-ring (bicyclic) bond motifs is 2. The number of aliphatic carboxylic acids is 1. The quantitative estimate of drug-likeness (QED) is 0.394. The Kier molecular flexibility index (Phi) is 7.63. The smallest absolute Gasteiger partial charge is 0.307 e. The molecule has 1 aliphatic heterocycles. The second-order valence-electron chi connectivity index (χ2n) is 10.6. The number of hydrogen-bond acceptors (Lipinski definition) is 5. The maximum atomic E-state index is 15.2. The Hall–Kier alpha value is -3.49. The van der Waals surface area contributed by atoms with E-state index in [1.807, 2.05) is 6.92 Å². The molecule has 1 amide bonds. The molecule has 0 radical (unpaired) electrons. The van der Waals surface area contributed by atoms with Crippen LogP contribution in [0.4, 0.5) is 4.39 Å². The van der Waals surface area contributed by atoms with E-state index in [4.69, 9.17) is 4.74 Å². The molecule has 2 aliphatic rings. The lowest BCUT2D eigenvalue weighted by molar-refractivity contribution is -0.136. The first-order chi connectivity index (χ1) is 18.3. The number of aryl methyl sites for hydroxylation is 1. The van der Waals surface area contributed by atoms with Crippen LogP contribution in [-0.2, 0) is 17.6 Å². The summed E-state index contributed by atoms with van der Waals surface area (Å²) in [5, 5.41) is 17.2. The Labute approximate surface area is 221 Å². The van der Waals surface area contributed by atoms with Gasteiger partial charge in [-0.2, -0.15) is 5.10 Å². The summed E-state index contributed by atoms with van der Waals surface area (Å²) in [6.07, 6.45) is 9.67. The van der Waals surface area contributed by atoms with Crippen LogP contribution in [0.15, 0.2) is 12.1 Å². The standard InChI is InChI=1S/C29H35FN4O4/c1-17-20-11-7-13-38-28(20)23(30)14-21(17)27-22(15-26(35)36)18(2)32-25-16-24(33-34(25)27)29(37)31-12-6-10-19-8-4-3-5-9-19/h14,16,19H,3-13,15H2,1-2H3,(H,31,37)(H,35,36). The molecule has 8 nitrogen and oxygen atoms in total. The van der Waals surface area contributed by atoms with E-state index in [1.54, 1.807) is 13.0 Å². The molecule has 0 bridgehead atoms. The van der Waals surface area contributed by atoms with Crippen LogP contribution in [-0.4, -0.2) is 44.7 Å². The van der Waals surface area contributed by atoms with Gasteiger partial charge < -0.3 is 15.2 Å². The van der Waals surface area contributed by atoms with Gasteiger partial charge in [-0.05, 0) is 57.1 Å².